The van der Waals surface area contributed by atoms with Crippen LogP contribution in [-0.2, 0) is 6.54 Å². The number of aliphatic hydroxyl groups excluding tert-OH is 1. The van der Waals surface area contributed by atoms with Gasteiger partial charge in [0.1, 0.15) is 0 Å². The molecule has 0 saturated carbocycles. The number of halogens is 1. The average molecular weight is 399 g/mol. The number of rotatable bonds is 11. The minimum atomic E-state index is 0.254. The van der Waals surface area contributed by atoms with Crippen LogP contribution >= 0.6 is 11.6 Å². The van der Waals surface area contributed by atoms with Gasteiger partial charge < -0.3 is 10.0 Å². The summed E-state index contributed by atoms with van der Waals surface area (Å²) >= 11 is 5.78. The largest absolute Gasteiger partial charge is 0.396 e. The Balaban J connectivity index is 2.16. The molecule has 0 fully saturated rings. The SMILES string of the molecule is C=C/C=C(\C=C/CCl)/C=C/N(Cc1ccccc1)C1=CCN(CCCO)CC1. The van der Waals surface area contributed by atoms with E-state index >= 15 is 0 Å². The fraction of sp³-hybridized carbons (Fsp3) is 0.333. The van der Waals surface area contributed by atoms with Gasteiger partial charge in [0.25, 0.3) is 0 Å². The van der Waals surface area contributed by atoms with E-state index in [1.165, 1.54) is 11.3 Å². The number of hydrogen-bond donors (Lipinski definition) is 1. The molecule has 0 aromatic heterocycles. The predicted octanol–water partition coefficient (Wildman–Crippen LogP) is 4.88. The summed E-state index contributed by atoms with van der Waals surface area (Å²) in [4.78, 5) is 4.71. The Morgan fingerprint density at radius 1 is 1.25 bits per heavy atom. The summed E-state index contributed by atoms with van der Waals surface area (Å²) in [7, 11) is 0. The van der Waals surface area contributed by atoms with E-state index in [9.17, 15) is 0 Å². The van der Waals surface area contributed by atoms with E-state index in [1.807, 2.05) is 24.3 Å². The monoisotopic (exact) mass is 398 g/mol. The van der Waals surface area contributed by atoms with Crippen molar-refractivity contribution in [1.82, 2.24) is 9.80 Å². The van der Waals surface area contributed by atoms with Gasteiger partial charge in [0.2, 0.25) is 0 Å². The van der Waals surface area contributed by atoms with Crippen molar-refractivity contribution < 1.29 is 5.11 Å². The van der Waals surface area contributed by atoms with Gasteiger partial charge in [-0.1, -0.05) is 67.3 Å². The summed E-state index contributed by atoms with van der Waals surface area (Å²) in [5.74, 6) is 0.491. The maximum atomic E-state index is 9.04. The zero-order valence-electron chi connectivity index (χ0n) is 16.5. The molecule has 0 bridgehead atoms. The molecule has 0 radical (unpaired) electrons. The van der Waals surface area contributed by atoms with Crippen LogP contribution in [0.4, 0.5) is 0 Å². The molecule has 0 unspecified atom stereocenters. The van der Waals surface area contributed by atoms with Gasteiger partial charge in [0.05, 0.1) is 0 Å². The molecule has 150 valence electrons. The van der Waals surface area contributed by atoms with Gasteiger partial charge in [-0.2, -0.15) is 0 Å². The van der Waals surface area contributed by atoms with Crippen molar-refractivity contribution in [2.45, 2.75) is 19.4 Å². The first-order valence-corrected chi connectivity index (χ1v) is 10.4. The van der Waals surface area contributed by atoms with Crippen molar-refractivity contribution in [2.75, 3.05) is 32.1 Å². The molecule has 4 heteroatoms. The van der Waals surface area contributed by atoms with E-state index < -0.39 is 0 Å². The second-order valence-electron chi connectivity index (χ2n) is 6.71. The van der Waals surface area contributed by atoms with Crippen molar-refractivity contribution in [3.63, 3.8) is 0 Å². The van der Waals surface area contributed by atoms with Gasteiger partial charge in [0.15, 0.2) is 0 Å². The Labute approximate surface area is 174 Å². The van der Waals surface area contributed by atoms with Crippen LogP contribution in [0.3, 0.4) is 0 Å². The average Bonchev–Trinajstić information content (AvgIpc) is 2.74. The third kappa shape index (κ3) is 7.89. The summed E-state index contributed by atoms with van der Waals surface area (Å²) in [5.41, 5.74) is 3.68. The van der Waals surface area contributed by atoms with E-state index in [2.05, 4.69) is 59.0 Å². The smallest absolute Gasteiger partial charge is 0.0472 e. The van der Waals surface area contributed by atoms with Crippen molar-refractivity contribution in [1.29, 1.82) is 0 Å². The lowest BCUT2D eigenvalue weighted by atomic mass is 10.1. The number of aliphatic hydroxyl groups is 1. The van der Waals surface area contributed by atoms with Crippen LogP contribution in [0.5, 0.6) is 0 Å². The molecule has 0 spiro atoms. The molecule has 1 aromatic rings. The molecule has 1 aliphatic heterocycles. The Morgan fingerprint density at radius 3 is 2.71 bits per heavy atom. The van der Waals surface area contributed by atoms with Gasteiger partial charge in [-0.05, 0) is 23.6 Å². The number of benzene rings is 1. The van der Waals surface area contributed by atoms with Crippen LogP contribution < -0.4 is 0 Å². The normalized spacial score (nSPS) is 15.9. The highest BCUT2D eigenvalue weighted by molar-refractivity contribution is 6.18. The molecule has 1 heterocycles. The Morgan fingerprint density at radius 2 is 2.07 bits per heavy atom. The fourth-order valence-corrected chi connectivity index (χ4v) is 3.24. The summed E-state index contributed by atoms with van der Waals surface area (Å²) in [6, 6.07) is 10.5. The number of nitrogens with zero attached hydrogens (tertiary/aromatic N) is 2. The second-order valence-corrected chi connectivity index (χ2v) is 7.02. The maximum absolute atomic E-state index is 9.04. The van der Waals surface area contributed by atoms with Crippen LogP contribution in [0.25, 0.3) is 0 Å². The van der Waals surface area contributed by atoms with Gasteiger partial charge >= 0.3 is 0 Å². The minimum absolute atomic E-state index is 0.254. The summed E-state index contributed by atoms with van der Waals surface area (Å²) < 4.78 is 0. The summed E-state index contributed by atoms with van der Waals surface area (Å²) in [6.07, 6.45) is 16.1. The summed E-state index contributed by atoms with van der Waals surface area (Å²) in [6.45, 7) is 7.78. The standard InChI is InChI=1S/C24H31ClN2O/c1-2-8-22(11-6-15-25)12-19-27(21-23-9-4-3-5-10-23)24-13-17-26(18-14-24)16-7-20-28/h2-6,8-13,19,28H,1,7,14-18,20-21H2/b11-6-,19-12+,22-8+. The molecule has 0 saturated heterocycles. The van der Waals surface area contributed by atoms with Gasteiger partial charge in [-0.3, -0.25) is 4.90 Å². The van der Waals surface area contributed by atoms with Crippen LogP contribution in [0.1, 0.15) is 18.4 Å². The highest BCUT2D eigenvalue weighted by atomic mass is 35.5. The molecule has 1 aliphatic rings. The maximum Gasteiger partial charge on any atom is 0.0472 e. The molecular formula is C24H31ClN2O. The highest BCUT2D eigenvalue weighted by Gasteiger charge is 2.15. The Hall–Kier alpha value is -2.07. The lowest BCUT2D eigenvalue weighted by molar-refractivity contribution is 0.226. The van der Waals surface area contributed by atoms with Gasteiger partial charge in [0, 0.05) is 57.0 Å². The van der Waals surface area contributed by atoms with Crippen molar-refractivity contribution in [2.24, 2.45) is 0 Å². The number of alkyl halides is 1. The molecule has 3 nitrogen and oxygen atoms in total. The fourth-order valence-electron chi connectivity index (χ4n) is 3.15. The molecular weight excluding hydrogens is 368 g/mol. The first kappa shape index (κ1) is 22.2. The van der Waals surface area contributed by atoms with Crippen molar-refractivity contribution in [3.8, 4) is 0 Å². The van der Waals surface area contributed by atoms with Crippen LogP contribution in [0.2, 0.25) is 0 Å². The molecule has 0 amide bonds. The van der Waals surface area contributed by atoms with E-state index in [1.54, 1.807) is 6.08 Å². The van der Waals surface area contributed by atoms with Crippen LogP contribution in [-0.4, -0.2) is 47.0 Å². The van der Waals surface area contributed by atoms with Gasteiger partial charge in [-0.15, -0.1) is 11.6 Å². The van der Waals surface area contributed by atoms with Crippen LogP contribution in [0, 0.1) is 0 Å². The molecule has 0 aliphatic carbocycles. The first-order valence-electron chi connectivity index (χ1n) is 9.83. The third-order valence-corrected chi connectivity index (χ3v) is 4.80. The minimum Gasteiger partial charge on any atom is -0.396 e. The molecule has 1 N–H and O–H groups in total. The van der Waals surface area contributed by atoms with E-state index in [4.69, 9.17) is 16.7 Å². The molecule has 2 rings (SSSR count). The Bertz CT molecular complexity index is 707. The predicted molar refractivity (Wildman–Crippen MR) is 120 cm³/mol. The second kappa shape index (κ2) is 13.2. The Kier molecular flexibility index (Phi) is 10.4. The van der Waals surface area contributed by atoms with Crippen LogP contribution in [0.15, 0.2) is 90.8 Å². The number of allylic oxidation sites excluding steroid dienone is 6. The van der Waals surface area contributed by atoms with Gasteiger partial charge in [-0.25, -0.2) is 0 Å². The van der Waals surface area contributed by atoms with E-state index in [-0.39, 0.29) is 6.61 Å². The van der Waals surface area contributed by atoms with Crippen molar-refractivity contribution in [3.05, 3.63) is 96.4 Å². The van der Waals surface area contributed by atoms with Crippen molar-refractivity contribution >= 4 is 11.6 Å². The number of hydrogen-bond acceptors (Lipinski definition) is 3. The molecule has 1 aromatic carbocycles. The zero-order valence-corrected chi connectivity index (χ0v) is 17.3. The summed E-state index contributed by atoms with van der Waals surface area (Å²) in [5, 5.41) is 9.04. The first-order chi connectivity index (χ1) is 13.8. The highest BCUT2D eigenvalue weighted by Crippen LogP contribution is 2.20. The molecule has 28 heavy (non-hydrogen) atoms. The zero-order chi connectivity index (χ0) is 20.0. The van der Waals surface area contributed by atoms with E-state index in [0.29, 0.717) is 5.88 Å². The topological polar surface area (TPSA) is 26.7 Å². The third-order valence-electron chi connectivity index (χ3n) is 4.62. The molecule has 0 atom stereocenters. The van der Waals surface area contributed by atoms with E-state index in [0.717, 1.165) is 44.6 Å². The quantitative estimate of drug-likeness (QED) is 0.425. The lowest BCUT2D eigenvalue weighted by Gasteiger charge is -2.31. The lowest BCUT2D eigenvalue weighted by Crippen LogP contribution is -2.33.